The zero-order valence-electron chi connectivity index (χ0n) is 15.9. The molecule has 0 aromatic heterocycles. The van der Waals surface area contributed by atoms with Crippen molar-refractivity contribution in [3.8, 4) is 0 Å². The lowest BCUT2D eigenvalue weighted by atomic mass is 10.0. The van der Waals surface area contributed by atoms with Gasteiger partial charge in [-0.25, -0.2) is 4.79 Å². The second-order valence-electron chi connectivity index (χ2n) is 7.81. The molecule has 2 atom stereocenters. The molecular weight excluding hydrogens is 345 g/mol. The van der Waals surface area contributed by atoms with Crippen molar-refractivity contribution in [3.05, 3.63) is 35.4 Å². The normalized spacial score (nSPS) is 20.8. The summed E-state index contributed by atoms with van der Waals surface area (Å²) in [5.74, 6) is 0. The predicted octanol–water partition coefficient (Wildman–Crippen LogP) is 4.71. The minimum absolute atomic E-state index is 0.0342. The third-order valence-corrected chi connectivity index (χ3v) is 4.55. The third-order valence-electron chi connectivity index (χ3n) is 4.55. The van der Waals surface area contributed by atoms with Crippen molar-refractivity contribution in [3.63, 3.8) is 0 Å². The summed E-state index contributed by atoms with van der Waals surface area (Å²) in [6, 6.07) is 5.34. The molecule has 1 heterocycles. The SMILES string of the molecule is CC(c1ccc(C(F)(F)F)cc1)N1CCN(C(=O)OC(C)(C)C)C[C@@H]1C. The predicted molar refractivity (Wildman–Crippen MR) is 93.8 cm³/mol. The van der Waals surface area contributed by atoms with Crippen LogP contribution in [0.5, 0.6) is 0 Å². The van der Waals surface area contributed by atoms with Crippen molar-refractivity contribution in [2.75, 3.05) is 19.6 Å². The average molecular weight is 372 g/mol. The standard InChI is InChI=1S/C19H27F3N2O2/c1-13-12-23(17(25)26-18(3,4)5)10-11-24(13)14(2)15-6-8-16(9-7-15)19(20,21)22/h6-9,13-14H,10-12H2,1-5H3/t13-,14?/m0/s1. The third kappa shape index (κ3) is 5.13. The summed E-state index contributed by atoms with van der Waals surface area (Å²) >= 11 is 0. The zero-order valence-corrected chi connectivity index (χ0v) is 15.9. The molecule has 1 aliphatic heterocycles. The molecule has 1 aliphatic rings. The van der Waals surface area contributed by atoms with Crippen LogP contribution in [0.25, 0.3) is 0 Å². The number of carbonyl (C=O) groups excluding carboxylic acids is 1. The zero-order chi connectivity index (χ0) is 19.7. The second-order valence-corrected chi connectivity index (χ2v) is 7.81. The molecule has 0 bridgehead atoms. The van der Waals surface area contributed by atoms with E-state index in [0.717, 1.165) is 17.7 Å². The minimum Gasteiger partial charge on any atom is -0.444 e. The Morgan fingerprint density at radius 3 is 2.19 bits per heavy atom. The van der Waals surface area contributed by atoms with E-state index >= 15 is 0 Å². The van der Waals surface area contributed by atoms with E-state index in [1.807, 2.05) is 34.6 Å². The van der Waals surface area contributed by atoms with Crippen molar-refractivity contribution in [1.29, 1.82) is 0 Å². The molecule has 0 N–H and O–H groups in total. The summed E-state index contributed by atoms with van der Waals surface area (Å²) in [6.45, 7) is 11.2. The molecule has 4 nitrogen and oxygen atoms in total. The number of hydrogen-bond acceptors (Lipinski definition) is 3. The van der Waals surface area contributed by atoms with Crippen molar-refractivity contribution < 1.29 is 22.7 Å². The molecule has 2 rings (SSSR count). The second kappa shape index (κ2) is 7.47. The number of ether oxygens (including phenoxy) is 1. The highest BCUT2D eigenvalue weighted by atomic mass is 19.4. The van der Waals surface area contributed by atoms with Gasteiger partial charge in [0.05, 0.1) is 5.56 Å². The van der Waals surface area contributed by atoms with Gasteiger partial charge in [-0.15, -0.1) is 0 Å². The van der Waals surface area contributed by atoms with E-state index in [-0.39, 0.29) is 18.2 Å². The maximum atomic E-state index is 12.7. The number of hydrogen-bond donors (Lipinski definition) is 0. The van der Waals surface area contributed by atoms with Crippen LogP contribution in [0.2, 0.25) is 0 Å². The van der Waals surface area contributed by atoms with E-state index < -0.39 is 17.3 Å². The highest BCUT2D eigenvalue weighted by Gasteiger charge is 2.33. The van der Waals surface area contributed by atoms with Crippen LogP contribution in [-0.2, 0) is 10.9 Å². The number of nitrogens with zero attached hydrogens (tertiary/aromatic N) is 2. The van der Waals surface area contributed by atoms with E-state index in [4.69, 9.17) is 4.74 Å². The Hall–Kier alpha value is -1.76. The lowest BCUT2D eigenvalue weighted by Gasteiger charge is -2.43. The molecule has 0 spiro atoms. The van der Waals surface area contributed by atoms with Gasteiger partial charge < -0.3 is 9.64 Å². The Labute approximate surface area is 152 Å². The van der Waals surface area contributed by atoms with Gasteiger partial charge in [0.1, 0.15) is 5.60 Å². The Balaban J connectivity index is 2.01. The van der Waals surface area contributed by atoms with Crippen LogP contribution in [0.15, 0.2) is 24.3 Å². The van der Waals surface area contributed by atoms with E-state index in [0.29, 0.717) is 19.6 Å². The maximum absolute atomic E-state index is 12.7. The fraction of sp³-hybridized carbons (Fsp3) is 0.632. The molecule has 1 saturated heterocycles. The molecule has 0 saturated carbocycles. The Kier molecular flexibility index (Phi) is 5.90. The van der Waals surface area contributed by atoms with Gasteiger partial charge in [-0.1, -0.05) is 12.1 Å². The lowest BCUT2D eigenvalue weighted by molar-refractivity contribution is -0.137. The van der Waals surface area contributed by atoms with Crippen LogP contribution in [-0.4, -0.2) is 47.2 Å². The molecular formula is C19H27F3N2O2. The van der Waals surface area contributed by atoms with Gasteiger partial charge in [-0.3, -0.25) is 4.90 Å². The first kappa shape index (κ1) is 20.6. The average Bonchev–Trinajstić information content (AvgIpc) is 2.52. The van der Waals surface area contributed by atoms with E-state index in [2.05, 4.69) is 4.90 Å². The fourth-order valence-electron chi connectivity index (χ4n) is 3.18. The van der Waals surface area contributed by atoms with E-state index in [9.17, 15) is 18.0 Å². The molecule has 26 heavy (non-hydrogen) atoms. The summed E-state index contributed by atoms with van der Waals surface area (Å²) in [5.41, 5.74) is -0.350. The topological polar surface area (TPSA) is 32.8 Å². The molecule has 0 radical (unpaired) electrons. The van der Waals surface area contributed by atoms with Gasteiger partial charge in [0.15, 0.2) is 0 Å². The summed E-state index contributed by atoms with van der Waals surface area (Å²) in [4.78, 5) is 16.1. The first-order chi connectivity index (χ1) is 11.9. The molecule has 0 aliphatic carbocycles. The highest BCUT2D eigenvalue weighted by molar-refractivity contribution is 5.68. The summed E-state index contributed by atoms with van der Waals surface area (Å²) in [6.07, 6.45) is -4.65. The Morgan fingerprint density at radius 1 is 1.15 bits per heavy atom. The number of amides is 1. The number of benzene rings is 1. The van der Waals surface area contributed by atoms with Crippen molar-refractivity contribution in [2.24, 2.45) is 0 Å². The van der Waals surface area contributed by atoms with Crippen LogP contribution in [0, 0.1) is 0 Å². The van der Waals surface area contributed by atoms with Crippen LogP contribution >= 0.6 is 0 Å². The molecule has 1 fully saturated rings. The van der Waals surface area contributed by atoms with Gasteiger partial charge in [-0.05, 0) is 52.3 Å². The number of carbonyl (C=O) groups is 1. The minimum atomic E-state index is -4.33. The molecule has 1 aromatic rings. The molecule has 1 unspecified atom stereocenters. The fourth-order valence-corrected chi connectivity index (χ4v) is 3.18. The van der Waals surface area contributed by atoms with Crippen LogP contribution in [0.1, 0.15) is 51.8 Å². The van der Waals surface area contributed by atoms with Crippen LogP contribution < -0.4 is 0 Å². The highest BCUT2D eigenvalue weighted by Crippen LogP contribution is 2.31. The number of piperazine rings is 1. The number of halogens is 3. The van der Waals surface area contributed by atoms with Gasteiger partial charge in [-0.2, -0.15) is 13.2 Å². The van der Waals surface area contributed by atoms with Crippen molar-refractivity contribution in [2.45, 2.75) is 58.5 Å². The Morgan fingerprint density at radius 2 is 1.73 bits per heavy atom. The molecule has 1 aromatic carbocycles. The number of rotatable bonds is 2. The van der Waals surface area contributed by atoms with E-state index in [1.165, 1.54) is 12.1 Å². The molecule has 1 amide bonds. The van der Waals surface area contributed by atoms with Crippen molar-refractivity contribution in [1.82, 2.24) is 9.80 Å². The van der Waals surface area contributed by atoms with Crippen LogP contribution in [0.4, 0.5) is 18.0 Å². The first-order valence-electron chi connectivity index (χ1n) is 8.79. The van der Waals surface area contributed by atoms with Crippen molar-refractivity contribution >= 4 is 6.09 Å². The molecule has 7 heteroatoms. The smallest absolute Gasteiger partial charge is 0.416 e. The maximum Gasteiger partial charge on any atom is 0.416 e. The van der Waals surface area contributed by atoms with Gasteiger partial charge >= 0.3 is 12.3 Å². The van der Waals surface area contributed by atoms with Gasteiger partial charge in [0.25, 0.3) is 0 Å². The summed E-state index contributed by atoms with van der Waals surface area (Å²) < 4.78 is 43.6. The molecule has 146 valence electrons. The quantitative estimate of drug-likeness (QED) is 0.754. The summed E-state index contributed by atoms with van der Waals surface area (Å²) in [7, 11) is 0. The first-order valence-corrected chi connectivity index (χ1v) is 8.79. The lowest BCUT2D eigenvalue weighted by Crippen LogP contribution is -2.54. The number of alkyl halides is 3. The largest absolute Gasteiger partial charge is 0.444 e. The monoisotopic (exact) mass is 372 g/mol. The van der Waals surface area contributed by atoms with Crippen LogP contribution in [0.3, 0.4) is 0 Å². The van der Waals surface area contributed by atoms with E-state index in [1.54, 1.807) is 4.90 Å². The summed E-state index contributed by atoms with van der Waals surface area (Å²) in [5, 5.41) is 0. The van der Waals surface area contributed by atoms with Gasteiger partial charge in [0.2, 0.25) is 0 Å². The Bertz CT molecular complexity index is 623. The van der Waals surface area contributed by atoms with Gasteiger partial charge in [0, 0.05) is 31.7 Å².